The highest BCUT2D eigenvalue weighted by Gasteiger charge is 2.40. The van der Waals surface area contributed by atoms with Gasteiger partial charge in [-0.05, 0) is 36.6 Å². The minimum Gasteiger partial charge on any atom is -0.400 e. The van der Waals surface area contributed by atoms with Crippen LogP contribution in [0.1, 0.15) is 57.8 Å². The molecule has 0 aromatic rings. The van der Waals surface area contributed by atoms with E-state index in [-0.39, 0.29) is 0 Å². The lowest BCUT2D eigenvalue weighted by Crippen LogP contribution is -2.27. The van der Waals surface area contributed by atoms with Crippen molar-refractivity contribution in [3.05, 3.63) is 0 Å². The van der Waals surface area contributed by atoms with E-state index in [4.69, 9.17) is 8.85 Å². The van der Waals surface area contributed by atoms with E-state index in [2.05, 4.69) is 0 Å². The predicted molar refractivity (Wildman–Crippen MR) is 73.5 cm³/mol. The molecule has 0 heterocycles. The molecule has 2 unspecified atom stereocenters. The Bertz CT molecular complexity index is 204. The van der Waals surface area contributed by atoms with Crippen LogP contribution >= 0.6 is 0 Å². The summed E-state index contributed by atoms with van der Waals surface area (Å²) in [5.41, 5.74) is 0.777. The van der Waals surface area contributed by atoms with Gasteiger partial charge in [-0.15, -0.1) is 0 Å². The summed E-state index contributed by atoms with van der Waals surface area (Å²) in [6, 6.07) is 0. The zero-order valence-corrected chi connectivity index (χ0v) is 12.6. The SMILES string of the molecule is C1CC2CC2C1.CO[SiH](OC)C1CCCCC1. The molecule has 0 aromatic heterocycles. The molecule has 0 aliphatic heterocycles. The molecule has 0 spiro atoms. The average Bonchev–Trinajstić information content (AvgIpc) is 3.00. The third-order valence-electron chi connectivity index (χ3n) is 4.72. The Balaban J connectivity index is 0.000000148. The second-order valence-electron chi connectivity index (χ2n) is 5.92. The van der Waals surface area contributed by atoms with Crippen molar-refractivity contribution in [3.63, 3.8) is 0 Å². The molecular weight excluding hydrogens is 228 g/mol. The fourth-order valence-electron chi connectivity index (χ4n) is 3.55. The zero-order valence-electron chi connectivity index (χ0n) is 11.5. The molecule has 0 N–H and O–H groups in total. The molecule has 3 heteroatoms. The first-order valence-corrected chi connectivity index (χ1v) is 9.01. The maximum absolute atomic E-state index is 5.36. The monoisotopic (exact) mass is 256 g/mol. The molecule has 0 amide bonds. The highest BCUT2D eigenvalue weighted by Crippen LogP contribution is 2.51. The van der Waals surface area contributed by atoms with E-state index in [1.807, 2.05) is 0 Å². The quantitative estimate of drug-likeness (QED) is 0.718. The minimum atomic E-state index is -1.27. The molecule has 0 saturated heterocycles. The molecule has 2 nitrogen and oxygen atoms in total. The lowest BCUT2D eigenvalue weighted by molar-refractivity contribution is 0.252. The molecule has 2 atom stereocenters. The molecule has 3 aliphatic carbocycles. The van der Waals surface area contributed by atoms with Gasteiger partial charge in [0.2, 0.25) is 0 Å². The number of rotatable bonds is 3. The van der Waals surface area contributed by atoms with Gasteiger partial charge in [0.1, 0.15) is 0 Å². The van der Waals surface area contributed by atoms with E-state index < -0.39 is 9.28 Å². The lowest BCUT2D eigenvalue weighted by Gasteiger charge is -2.25. The van der Waals surface area contributed by atoms with Gasteiger partial charge in [0.05, 0.1) is 0 Å². The number of hydrogen-bond donors (Lipinski definition) is 0. The van der Waals surface area contributed by atoms with E-state index in [0.29, 0.717) is 0 Å². The number of hydrogen-bond acceptors (Lipinski definition) is 2. The van der Waals surface area contributed by atoms with Crippen LogP contribution in [0.4, 0.5) is 0 Å². The fourth-order valence-corrected chi connectivity index (χ4v) is 5.53. The van der Waals surface area contributed by atoms with E-state index in [0.717, 1.165) is 5.54 Å². The van der Waals surface area contributed by atoms with E-state index >= 15 is 0 Å². The standard InChI is InChI=1S/C8H18O2Si.C6H10/c1-9-11(10-2)8-6-4-3-5-7-8;1-2-5-4-6(5)3-1/h8,11H,3-7H2,1-2H3;5-6H,1-4H2. The van der Waals surface area contributed by atoms with Gasteiger partial charge in [0.15, 0.2) is 0 Å². The van der Waals surface area contributed by atoms with Gasteiger partial charge in [-0.3, -0.25) is 0 Å². The summed E-state index contributed by atoms with van der Waals surface area (Å²) in [5.74, 6) is 2.43. The summed E-state index contributed by atoms with van der Waals surface area (Å²) in [6.07, 6.45) is 13.1. The Morgan fingerprint density at radius 3 is 1.71 bits per heavy atom. The van der Waals surface area contributed by atoms with Crippen molar-refractivity contribution in [2.45, 2.75) is 63.3 Å². The third kappa shape index (κ3) is 4.07. The van der Waals surface area contributed by atoms with Crippen molar-refractivity contribution >= 4 is 9.28 Å². The highest BCUT2D eigenvalue weighted by atomic mass is 28.3. The maximum Gasteiger partial charge on any atom is 0.324 e. The molecule has 17 heavy (non-hydrogen) atoms. The lowest BCUT2D eigenvalue weighted by atomic mass is 10.0. The summed E-state index contributed by atoms with van der Waals surface area (Å²) < 4.78 is 10.7. The normalized spacial score (nSPS) is 31.9. The van der Waals surface area contributed by atoms with Crippen LogP contribution in [0, 0.1) is 11.8 Å². The topological polar surface area (TPSA) is 18.5 Å². The molecule has 0 radical (unpaired) electrons. The molecule has 3 rings (SSSR count). The third-order valence-corrected chi connectivity index (χ3v) is 7.08. The maximum atomic E-state index is 5.36. The van der Waals surface area contributed by atoms with Crippen molar-refractivity contribution < 1.29 is 8.85 Å². The van der Waals surface area contributed by atoms with Crippen LogP contribution in [-0.4, -0.2) is 23.5 Å². The molecule has 0 bridgehead atoms. The van der Waals surface area contributed by atoms with Crippen molar-refractivity contribution in [2.75, 3.05) is 14.2 Å². The molecule has 100 valence electrons. The van der Waals surface area contributed by atoms with Crippen LogP contribution in [0.2, 0.25) is 5.54 Å². The summed E-state index contributed by atoms with van der Waals surface area (Å²) in [7, 11) is 2.30. The minimum absolute atomic E-state index is 0.777. The van der Waals surface area contributed by atoms with Crippen LogP contribution in [-0.2, 0) is 8.85 Å². The first-order chi connectivity index (χ1) is 8.35. The van der Waals surface area contributed by atoms with Crippen molar-refractivity contribution in [2.24, 2.45) is 11.8 Å². The Morgan fingerprint density at radius 2 is 1.35 bits per heavy atom. The van der Waals surface area contributed by atoms with Gasteiger partial charge in [-0.25, -0.2) is 0 Å². The van der Waals surface area contributed by atoms with Gasteiger partial charge in [-0.2, -0.15) is 0 Å². The Morgan fingerprint density at radius 1 is 0.765 bits per heavy atom. The van der Waals surface area contributed by atoms with E-state index in [9.17, 15) is 0 Å². The first-order valence-electron chi connectivity index (χ1n) is 7.40. The van der Waals surface area contributed by atoms with Gasteiger partial charge < -0.3 is 8.85 Å². The van der Waals surface area contributed by atoms with Gasteiger partial charge >= 0.3 is 9.28 Å². The van der Waals surface area contributed by atoms with Crippen LogP contribution in [0.3, 0.4) is 0 Å². The highest BCUT2D eigenvalue weighted by molar-refractivity contribution is 6.46. The smallest absolute Gasteiger partial charge is 0.324 e. The average molecular weight is 256 g/mol. The number of fused-ring (bicyclic) bond motifs is 1. The largest absolute Gasteiger partial charge is 0.400 e. The van der Waals surface area contributed by atoms with Crippen LogP contribution in [0.25, 0.3) is 0 Å². The molecule has 3 aliphatic rings. The molecule has 0 aromatic carbocycles. The van der Waals surface area contributed by atoms with Gasteiger partial charge in [0.25, 0.3) is 0 Å². The predicted octanol–water partition coefficient (Wildman–Crippen LogP) is 3.64. The van der Waals surface area contributed by atoms with Gasteiger partial charge in [-0.1, -0.05) is 38.5 Å². The first kappa shape index (κ1) is 13.6. The van der Waals surface area contributed by atoms with Crippen LogP contribution in [0.5, 0.6) is 0 Å². The van der Waals surface area contributed by atoms with Crippen LogP contribution in [0.15, 0.2) is 0 Å². The second kappa shape index (κ2) is 6.91. The molecule has 3 saturated carbocycles. The summed E-state index contributed by atoms with van der Waals surface area (Å²) in [4.78, 5) is 0. The summed E-state index contributed by atoms with van der Waals surface area (Å²) >= 11 is 0. The fraction of sp³-hybridized carbons (Fsp3) is 1.00. The Kier molecular flexibility index (Phi) is 5.51. The zero-order chi connectivity index (χ0) is 12.1. The summed E-state index contributed by atoms with van der Waals surface area (Å²) in [6.45, 7) is 0. The second-order valence-corrected chi connectivity index (χ2v) is 8.55. The van der Waals surface area contributed by atoms with Crippen LogP contribution < -0.4 is 0 Å². The molecular formula is C14H28O2Si. The molecule has 3 fully saturated rings. The van der Waals surface area contributed by atoms with Crippen molar-refractivity contribution in [1.29, 1.82) is 0 Å². The van der Waals surface area contributed by atoms with E-state index in [1.165, 1.54) is 50.4 Å². The van der Waals surface area contributed by atoms with E-state index in [1.54, 1.807) is 33.5 Å². The van der Waals surface area contributed by atoms with Gasteiger partial charge in [0, 0.05) is 14.2 Å². The Labute approximate surface area is 108 Å². The summed E-state index contributed by atoms with van der Waals surface area (Å²) in [5, 5.41) is 0. The Hall–Kier alpha value is 0.137. The van der Waals surface area contributed by atoms with Crippen molar-refractivity contribution in [1.82, 2.24) is 0 Å². The van der Waals surface area contributed by atoms with Crippen molar-refractivity contribution in [3.8, 4) is 0 Å².